The molecule has 0 saturated carbocycles. The molecular weight excluding hydrogens is 260 g/mol. The third-order valence-electron chi connectivity index (χ3n) is 3.31. The number of amides is 3. The third-order valence-corrected chi connectivity index (χ3v) is 3.31. The van der Waals surface area contributed by atoms with Gasteiger partial charge in [-0.3, -0.25) is 19.4 Å². The third kappa shape index (κ3) is 2.76. The molecule has 1 aliphatic rings. The van der Waals surface area contributed by atoms with Crippen LogP contribution in [0, 0.1) is 0 Å². The zero-order valence-corrected chi connectivity index (χ0v) is 11.2. The van der Waals surface area contributed by atoms with E-state index in [1.54, 1.807) is 18.3 Å². The first-order valence-electron chi connectivity index (χ1n) is 6.26. The van der Waals surface area contributed by atoms with E-state index < -0.39 is 11.9 Å². The Hall–Kier alpha value is -2.44. The van der Waals surface area contributed by atoms with Gasteiger partial charge in [0.25, 0.3) is 5.91 Å². The fraction of sp³-hybridized carbons (Fsp3) is 0.385. The summed E-state index contributed by atoms with van der Waals surface area (Å²) < 4.78 is 0. The zero-order valence-electron chi connectivity index (χ0n) is 11.2. The molecule has 1 atom stereocenters. The van der Waals surface area contributed by atoms with Gasteiger partial charge in [0.1, 0.15) is 6.04 Å². The summed E-state index contributed by atoms with van der Waals surface area (Å²) in [4.78, 5) is 42.0. The Labute approximate surface area is 116 Å². The second-order valence-electron chi connectivity index (χ2n) is 4.62. The highest BCUT2D eigenvalue weighted by molar-refractivity contribution is 5.95. The number of carbonyl (C=O) groups is 3. The highest BCUT2D eigenvalue weighted by atomic mass is 16.2. The number of hydrogen-bond donors (Lipinski definition) is 1. The molecule has 3 amide bonds. The van der Waals surface area contributed by atoms with Gasteiger partial charge >= 0.3 is 0 Å². The van der Waals surface area contributed by atoms with Crippen molar-refractivity contribution in [3.05, 3.63) is 30.1 Å². The number of carbonyl (C=O) groups excluding carboxylic acids is 3. The Balaban J connectivity index is 2.15. The van der Waals surface area contributed by atoms with Crippen molar-refractivity contribution in [1.82, 2.24) is 14.8 Å². The molecule has 0 aromatic carbocycles. The van der Waals surface area contributed by atoms with Crippen molar-refractivity contribution in [2.75, 3.05) is 19.6 Å². The van der Waals surface area contributed by atoms with E-state index in [2.05, 4.69) is 4.98 Å². The Bertz CT molecular complexity index is 532. The summed E-state index contributed by atoms with van der Waals surface area (Å²) in [6, 6.07) is 2.55. The van der Waals surface area contributed by atoms with Gasteiger partial charge in [0.2, 0.25) is 11.8 Å². The first-order chi connectivity index (χ1) is 9.50. The minimum atomic E-state index is -0.776. The minimum absolute atomic E-state index is 0.114. The van der Waals surface area contributed by atoms with Crippen molar-refractivity contribution < 1.29 is 14.4 Å². The predicted octanol–water partition coefficient (Wildman–Crippen LogP) is -0.760. The van der Waals surface area contributed by atoms with E-state index in [1.807, 2.05) is 0 Å². The molecule has 106 valence electrons. The lowest BCUT2D eigenvalue weighted by Gasteiger charge is -2.39. The lowest BCUT2D eigenvalue weighted by atomic mass is 10.1. The first kappa shape index (κ1) is 14.0. The van der Waals surface area contributed by atoms with Gasteiger partial charge in [0.15, 0.2) is 0 Å². The van der Waals surface area contributed by atoms with Gasteiger partial charge in [0.05, 0.1) is 12.1 Å². The van der Waals surface area contributed by atoms with Crippen LogP contribution in [0.3, 0.4) is 0 Å². The van der Waals surface area contributed by atoms with Crippen LogP contribution in [0.5, 0.6) is 0 Å². The van der Waals surface area contributed by atoms with Crippen LogP contribution in [0.25, 0.3) is 0 Å². The van der Waals surface area contributed by atoms with Crippen molar-refractivity contribution in [2.45, 2.75) is 13.0 Å². The van der Waals surface area contributed by atoms with Gasteiger partial charge in [-0.05, 0) is 12.1 Å². The molecule has 1 saturated heterocycles. The number of hydrogen-bond acceptors (Lipinski definition) is 4. The topological polar surface area (TPSA) is 96.6 Å². The average molecular weight is 276 g/mol. The quantitative estimate of drug-likeness (QED) is 0.767. The molecule has 7 heteroatoms. The molecule has 1 aromatic heterocycles. The average Bonchev–Trinajstić information content (AvgIpc) is 2.46. The molecule has 2 heterocycles. The van der Waals surface area contributed by atoms with Crippen LogP contribution < -0.4 is 5.73 Å². The number of rotatable bonds is 2. The van der Waals surface area contributed by atoms with Crippen molar-refractivity contribution in [3.8, 4) is 0 Å². The predicted molar refractivity (Wildman–Crippen MR) is 70.5 cm³/mol. The van der Waals surface area contributed by atoms with Crippen molar-refractivity contribution >= 4 is 17.7 Å². The number of primary amides is 1. The molecule has 7 nitrogen and oxygen atoms in total. The minimum Gasteiger partial charge on any atom is -0.368 e. The van der Waals surface area contributed by atoms with Crippen LogP contribution in [-0.2, 0) is 9.59 Å². The largest absolute Gasteiger partial charge is 0.368 e. The molecule has 2 rings (SSSR count). The Morgan fingerprint density at radius 1 is 1.35 bits per heavy atom. The van der Waals surface area contributed by atoms with Crippen LogP contribution >= 0.6 is 0 Å². The lowest BCUT2D eigenvalue weighted by Crippen LogP contribution is -2.60. The maximum Gasteiger partial charge on any atom is 0.255 e. The monoisotopic (exact) mass is 276 g/mol. The van der Waals surface area contributed by atoms with Gasteiger partial charge in [-0.15, -0.1) is 0 Å². The van der Waals surface area contributed by atoms with E-state index in [0.29, 0.717) is 18.7 Å². The summed E-state index contributed by atoms with van der Waals surface area (Å²) in [7, 11) is 0. The summed E-state index contributed by atoms with van der Waals surface area (Å²) in [6.07, 6.45) is 3.05. The Morgan fingerprint density at radius 2 is 2.10 bits per heavy atom. The highest BCUT2D eigenvalue weighted by Crippen LogP contribution is 2.13. The van der Waals surface area contributed by atoms with Gasteiger partial charge in [-0.1, -0.05) is 0 Å². The zero-order chi connectivity index (χ0) is 14.7. The molecule has 1 aliphatic heterocycles. The number of nitrogens with zero attached hydrogens (tertiary/aromatic N) is 3. The molecule has 0 unspecified atom stereocenters. The van der Waals surface area contributed by atoms with Crippen molar-refractivity contribution in [1.29, 1.82) is 0 Å². The van der Waals surface area contributed by atoms with E-state index in [9.17, 15) is 14.4 Å². The molecular formula is C13H16N4O3. The van der Waals surface area contributed by atoms with Gasteiger partial charge in [-0.2, -0.15) is 0 Å². The van der Waals surface area contributed by atoms with E-state index in [-0.39, 0.29) is 18.4 Å². The van der Waals surface area contributed by atoms with E-state index in [0.717, 1.165) is 0 Å². The lowest BCUT2D eigenvalue weighted by molar-refractivity contribution is -0.140. The second-order valence-corrected chi connectivity index (χ2v) is 4.62. The summed E-state index contributed by atoms with van der Waals surface area (Å²) in [5.74, 6) is -1.04. The van der Waals surface area contributed by atoms with E-state index >= 15 is 0 Å². The first-order valence-corrected chi connectivity index (χ1v) is 6.26. The summed E-state index contributed by atoms with van der Waals surface area (Å²) >= 11 is 0. The molecule has 0 bridgehead atoms. The summed E-state index contributed by atoms with van der Waals surface area (Å²) in [5, 5.41) is 0. The Kier molecular flexibility index (Phi) is 3.97. The highest BCUT2D eigenvalue weighted by Gasteiger charge is 2.34. The van der Waals surface area contributed by atoms with E-state index in [4.69, 9.17) is 5.73 Å². The van der Waals surface area contributed by atoms with E-state index in [1.165, 1.54) is 22.9 Å². The Morgan fingerprint density at radius 3 is 2.65 bits per heavy atom. The second kappa shape index (κ2) is 5.68. The molecule has 2 N–H and O–H groups in total. The van der Waals surface area contributed by atoms with Gasteiger partial charge in [-0.25, -0.2) is 0 Å². The fourth-order valence-electron chi connectivity index (χ4n) is 2.26. The molecule has 0 aliphatic carbocycles. The molecule has 20 heavy (non-hydrogen) atoms. The fourth-order valence-corrected chi connectivity index (χ4v) is 2.26. The van der Waals surface area contributed by atoms with Crippen LogP contribution in [-0.4, -0.2) is 58.2 Å². The normalized spacial score (nSPS) is 18.8. The number of aromatic nitrogens is 1. The van der Waals surface area contributed by atoms with Crippen LogP contribution in [0.4, 0.5) is 0 Å². The van der Waals surface area contributed by atoms with Gasteiger partial charge < -0.3 is 15.5 Å². The number of nitrogens with two attached hydrogens (primary N) is 1. The summed E-state index contributed by atoms with van der Waals surface area (Å²) in [6.45, 7) is 2.17. The maximum absolute atomic E-state index is 12.3. The molecule has 1 aromatic rings. The van der Waals surface area contributed by atoms with Crippen molar-refractivity contribution in [3.63, 3.8) is 0 Å². The maximum atomic E-state index is 12.3. The van der Waals surface area contributed by atoms with Crippen LogP contribution in [0.15, 0.2) is 24.5 Å². The summed E-state index contributed by atoms with van der Waals surface area (Å²) in [5.41, 5.74) is 5.76. The smallest absolute Gasteiger partial charge is 0.255 e. The molecule has 1 fully saturated rings. The van der Waals surface area contributed by atoms with Crippen LogP contribution in [0.2, 0.25) is 0 Å². The number of pyridine rings is 1. The molecule has 0 spiro atoms. The van der Waals surface area contributed by atoms with Crippen LogP contribution in [0.1, 0.15) is 17.3 Å². The van der Waals surface area contributed by atoms with Gasteiger partial charge in [0, 0.05) is 32.4 Å². The molecule has 0 radical (unpaired) electrons. The SMILES string of the molecule is CC(=O)N1CCN(C(=O)c2cccnc2)C[C@H]1C(N)=O. The number of piperazine rings is 1. The standard InChI is InChI=1S/C13H16N4O3/c1-9(18)17-6-5-16(8-11(17)12(14)19)13(20)10-3-2-4-15-7-10/h2-4,7,11H,5-6,8H2,1H3,(H2,14,19)/t11-/m0/s1. The van der Waals surface area contributed by atoms with Crippen molar-refractivity contribution in [2.24, 2.45) is 5.73 Å².